The third-order valence-corrected chi connectivity index (χ3v) is 2.17. The van der Waals surface area contributed by atoms with E-state index in [0.717, 1.165) is 16.8 Å². The van der Waals surface area contributed by atoms with Crippen molar-refractivity contribution < 1.29 is 4.74 Å². The van der Waals surface area contributed by atoms with Gasteiger partial charge in [-0.05, 0) is 25.1 Å². The zero-order valence-electron chi connectivity index (χ0n) is 8.77. The Morgan fingerprint density at radius 2 is 2.07 bits per heavy atom. The molecule has 0 aromatic carbocycles. The summed E-state index contributed by atoms with van der Waals surface area (Å²) >= 11 is 0. The van der Waals surface area contributed by atoms with E-state index in [2.05, 4.69) is 9.97 Å². The third-order valence-electron chi connectivity index (χ3n) is 2.17. The van der Waals surface area contributed by atoms with Gasteiger partial charge < -0.3 is 4.74 Å². The highest BCUT2D eigenvalue weighted by molar-refractivity contribution is 5.67. The van der Waals surface area contributed by atoms with Crippen molar-refractivity contribution in [1.82, 2.24) is 9.97 Å². The highest BCUT2D eigenvalue weighted by Gasteiger charge is 2.06. The minimum atomic E-state index is 0.642. The number of hydrogen-bond donors (Lipinski definition) is 0. The molecule has 0 aliphatic heterocycles. The van der Waals surface area contributed by atoms with Gasteiger partial charge in [-0.3, -0.25) is 4.98 Å². The zero-order valence-corrected chi connectivity index (χ0v) is 8.77. The van der Waals surface area contributed by atoms with Crippen molar-refractivity contribution in [3.63, 3.8) is 0 Å². The molecule has 0 bridgehead atoms. The van der Waals surface area contributed by atoms with Crippen molar-refractivity contribution in [3.8, 4) is 17.0 Å². The first-order valence-corrected chi connectivity index (χ1v) is 4.73. The monoisotopic (exact) mass is 200 g/mol. The van der Waals surface area contributed by atoms with Crippen LogP contribution in [0.3, 0.4) is 0 Å². The van der Waals surface area contributed by atoms with Crippen LogP contribution in [0.1, 0.15) is 5.69 Å². The molecule has 0 radical (unpaired) electrons. The van der Waals surface area contributed by atoms with E-state index in [4.69, 9.17) is 4.74 Å². The van der Waals surface area contributed by atoms with Crippen LogP contribution in [0.15, 0.2) is 36.7 Å². The van der Waals surface area contributed by atoms with Crippen molar-refractivity contribution in [1.29, 1.82) is 0 Å². The Labute approximate surface area is 88.8 Å². The van der Waals surface area contributed by atoms with Gasteiger partial charge in [0.15, 0.2) is 0 Å². The van der Waals surface area contributed by atoms with Gasteiger partial charge in [-0.2, -0.15) is 0 Å². The molecule has 0 aliphatic carbocycles. The largest absolute Gasteiger partial charge is 0.481 e. The van der Waals surface area contributed by atoms with Gasteiger partial charge in [0, 0.05) is 29.2 Å². The standard InChI is InChI=1S/C12H12N2O/c1-9-5-6-11(12(14-9)15-2)10-4-3-7-13-8-10/h3-8H,1-2H3. The number of aromatic nitrogens is 2. The smallest absolute Gasteiger partial charge is 0.221 e. The number of rotatable bonds is 2. The predicted octanol–water partition coefficient (Wildman–Crippen LogP) is 2.46. The predicted molar refractivity (Wildman–Crippen MR) is 58.8 cm³/mol. The minimum Gasteiger partial charge on any atom is -0.481 e. The van der Waals surface area contributed by atoms with Crippen molar-refractivity contribution >= 4 is 0 Å². The molecular formula is C12H12N2O. The summed E-state index contributed by atoms with van der Waals surface area (Å²) in [5.41, 5.74) is 2.93. The quantitative estimate of drug-likeness (QED) is 0.747. The average molecular weight is 200 g/mol. The topological polar surface area (TPSA) is 35.0 Å². The van der Waals surface area contributed by atoms with Gasteiger partial charge >= 0.3 is 0 Å². The van der Waals surface area contributed by atoms with E-state index in [1.54, 1.807) is 19.5 Å². The molecule has 0 aliphatic rings. The molecule has 0 fully saturated rings. The second-order valence-corrected chi connectivity index (χ2v) is 3.25. The summed E-state index contributed by atoms with van der Waals surface area (Å²) in [5.74, 6) is 0.642. The Morgan fingerprint density at radius 3 is 2.73 bits per heavy atom. The van der Waals surface area contributed by atoms with Crippen molar-refractivity contribution in [3.05, 3.63) is 42.4 Å². The summed E-state index contributed by atoms with van der Waals surface area (Å²) in [6, 6.07) is 7.85. The molecule has 3 nitrogen and oxygen atoms in total. The van der Waals surface area contributed by atoms with E-state index in [9.17, 15) is 0 Å². The molecule has 0 atom stereocenters. The summed E-state index contributed by atoms with van der Waals surface area (Å²) in [6.07, 6.45) is 3.55. The van der Waals surface area contributed by atoms with Crippen LogP contribution in [0.25, 0.3) is 11.1 Å². The fourth-order valence-electron chi connectivity index (χ4n) is 1.43. The Bertz CT molecular complexity index is 454. The maximum atomic E-state index is 5.24. The zero-order chi connectivity index (χ0) is 10.7. The lowest BCUT2D eigenvalue weighted by Crippen LogP contribution is -1.93. The van der Waals surface area contributed by atoms with E-state index in [-0.39, 0.29) is 0 Å². The molecule has 0 amide bonds. The molecule has 76 valence electrons. The Hall–Kier alpha value is -1.90. The lowest BCUT2D eigenvalue weighted by atomic mass is 10.1. The van der Waals surface area contributed by atoms with Crippen LogP contribution in [0.2, 0.25) is 0 Å². The van der Waals surface area contributed by atoms with Crippen LogP contribution in [0.4, 0.5) is 0 Å². The van der Waals surface area contributed by atoms with Crippen molar-refractivity contribution in [2.24, 2.45) is 0 Å². The molecule has 2 aromatic rings. The molecule has 2 rings (SSSR count). The molecule has 0 N–H and O–H groups in total. The van der Waals surface area contributed by atoms with Crippen LogP contribution >= 0.6 is 0 Å². The van der Waals surface area contributed by atoms with Gasteiger partial charge in [0.25, 0.3) is 0 Å². The van der Waals surface area contributed by atoms with E-state index >= 15 is 0 Å². The average Bonchev–Trinajstić information content (AvgIpc) is 2.30. The van der Waals surface area contributed by atoms with Crippen molar-refractivity contribution in [2.45, 2.75) is 6.92 Å². The molecule has 0 saturated heterocycles. The normalized spacial score (nSPS) is 10.0. The second kappa shape index (κ2) is 4.09. The molecule has 2 aromatic heterocycles. The number of methoxy groups -OCH3 is 1. The van der Waals surface area contributed by atoms with Crippen molar-refractivity contribution in [2.75, 3.05) is 7.11 Å². The first kappa shape index (κ1) is 9.65. The molecule has 15 heavy (non-hydrogen) atoms. The Kier molecular flexibility index (Phi) is 2.63. The number of pyridine rings is 2. The fraction of sp³-hybridized carbons (Fsp3) is 0.167. The number of aryl methyl sites for hydroxylation is 1. The van der Waals surface area contributed by atoms with Gasteiger partial charge in [0.2, 0.25) is 5.88 Å². The van der Waals surface area contributed by atoms with E-state index in [1.807, 2.05) is 31.2 Å². The van der Waals surface area contributed by atoms with Gasteiger partial charge in [0.05, 0.1) is 7.11 Å². The highest BCUT2D eigenvalue weighted by Crippen LogP contribution is 2.27. The van der Waals surface area contributed by atoms with E-state index in [0.29, 0.717) is 5.88 Å². The minimum absolute atomic E-state index is 0.642. The summed E-state index contributed by atoms with van der Waals surface area (Å²) in [6.45, 7) is 1.94. The molecule has 0 unspecified atom stereocenters. The first-order chi connectivity index (χ1) is 7.31. The maximum absolute atomic E-state index is 5.24. The molecule has 2 heterocycles. The van der Waals surface area contributed by atoms with E-state index < -0.39 is 0 Å². The maximum Gasteiger partial charge on any atom is 0.221 e. The summed E-state index contributed by atoms with van der Waals surface area (Å²) in [4.78, 5) is 8.39. The SMILES string of the molecule is COc1nc(C)ccc1-c1cccnc1. The lowest BCUT2D eigenvalue weighted by Gasteiger charge is -2.07. The second-order valence-electron chi connectivity index (χ2n) is 3.25. The van der Waals surface area contributed by atoms with Crippen LogP contribution in [-0.2, 0) is 0 Å². The first-order valence-electron chi connectivity index (χ1n) is 4.73. The molecule has 3 heteroatoms. The summed E-state index contributed by atoms with van der Waals surface area (Å²) < 4.78 is 5.24. The molecule has 0 spiro atoms. The van der Waals surface area contributed by atoms with Gasteiger partial charge in [-0.15, -0.1) is 0 Å². The molecular weight excluding hydrogens is 188 g/mol. The Balaban J connectivity index is 2.53. The fourth-order valence-corrected chi connectivity index (χ4v) is 1.43. The number of hydrogen-bond acceptors (Lipinski definition) is 3. The van der Waals surface area contributed by atoms with Crippen LogP contribution in [-0.4, -0.2) is 17.1 Å². The summed E-state index contributed by atoms with van der Waals surface area (Å²) in [5, 5.41) is 0. The Morgan fingerprint density at radius 1 is 1.20 bits per heavy atom. The van der Waals surface area contributed by atoms with Crippen LogP contribution in [0, 0.1) is 6.92 Å². The number of ether oxygens (including phenoxy) is 1. The lowest BCUT2D eigenvalue weighted by molar-refractivity contribution is 0.398. The van der Waals surface area contributed by atoms with E-state index in [1.165, 1.54) is 0 Å². The molecule has 0 saturated carbocycles. The van der Waals surface area contributed by atoms with Crippen LogP contribution < -0.4 is 4.74 Å². The summed E-state index contributed by atoms with van der Waals surface area (Å²) in [7, 11) is 1.63. The highest BCUT2D eigenvalue weighted by atomic mass is 16.5. The van der Waals surface area contributed by atoms with Gasteiger partial charge in [-0.25, -0.2) is 4.98 Å². The third kappa shape index (κ3) is 1.96. The van der Waals surface area contributed by atoms with Gasteiger partial charge in [0.1, 0.15) is 0 Å². The van der Waals surface area contributed by atoms with Crippen LogP contribution in [0.5, 0.6) is 5.88 Å². The van der Waals surface area contributed by atoms with Gasteiger partial charge in [-0.1, -0.05) is 6.07 Å². The number of nitrogens with zero attached hydrogens (tertiary/aromatic N) is 2.